The van der Waals surface area contributed by atoms with E-state index in [2.05, 4.69) is 52.0 Å². The van der Waals surface area contributed by atoms with Crippen molar-refractivity contribution < 1.29 is 4.74 Å². The first-order valence-electron chi connectivity index (χ1n) is 7.34. The van der Waals surface area contributed by atoms with E-state index in [1.165, 1.54) is 11.1 Å². The highest BCUT2D eigenvalue weighted by atomic mass is 16.5. The maximum absolute atomic E-state index is 6.30. The van der Waals surface area contributed by atoms with Gasteiger partial charge in [-0.15, -0.1) is 0 Å². The monoisotopic (exact) mass is 261 g/mol. The van der Waals surface area contributed by atoms with Gasteiger partial charge in [0.05, 0.1) is 6.10 Å². The van der Waals surface area contributed by atoms with Crippen LogP contribution in [0.3, 0.4) is 0 Å². The molecule has 19 heavy (non-hydrogen) atoms. The Balaban J connectivity index is 1.99. The Hall–Kier alpha value is -0.860. The van der Waals surface area contributed by atoms with Gasteiger partial charge in [0.2, 0.25) is 0 Å². The highest BCUT2D eigenvalue weighted by Crippen LogP contribution is 2.25. The number of ether oxygens (including phenoxy) is 1. The topological polar surface area (TPSA) is 35.2 Å². The van der Waals surface area contributed by atoms with E-state index < -0.39 is 0 Å². The summed E-state index contributed by atoms with van der Waals surface area (Å²) in [5.74, 6) is 0.587. The number of rotatable bonds is 3. The van der Waals surface area contributed by atoms with Crippen molar-refractivity contribution in [2.75, 3.05) is 6.61 Å². The Bertz CT molecular complexity index is 404. The maximum Gasteiger partial charge on any atom is 0.0755 e. The van der Waals surface area contributed by atoms with E-state index in [0.29, 0.717) is 5.92 Å². The van der Waals surface area contributed by atoms with E-state index in [4.69, 9.17) is 10.5 Å². The van der Waals surface area contributed by atoms with Crippen molar-refractivity contribution in [2.45, 2.75) is 58.1 Å². The van der Waals surface area contributed by atoms with Gasteiger partial charge in [-0.05, 0) is 35.3 Å². The molecule has 1 aliphatic heterocycles. The van der Waals surface area contributed by atoms with Crippen molar-refractivity contribution in [3.8, 4) is 0 Å². The van der Waals surface area contributed by atoms with Crippen molar-refractivity contribution in [3.05, 3.63) is 35.4 Å². The molecule has 3 unspecified atom stereocenters. The van der Waals surface area contributed by atoms with Crippen LogP contribution in [-0.4, -0.2) is 18.8 Å². The van der Waals surface area contributed by atoms with Crippen molar-refractivity contribution in [2.24, 2.45) is 11.7 Å². The molecule has 3 atom stereocenters. The van der Waals surface area contributed by atoms with Crippen LogP contribution >= 0.6 is 0 Å². The predicted molar refractivity (Wildman–Crippen MR) is 80.3 cm³/mol. The molecule has 1 heterocycles. The minimum absolute atomic E-state index is 0.109. The fourth-order valence-electron chi connectivity index (χ4n) is 2.79. The lowest BCUT2D eigenvalue weighted by molar-refractivity contribution is 0.0726. The third-order valence-electron chi connectivity index (χ3n) is 4.16. The predicted octanol–water partition coefficient (Wildman–Crippen LogP) is 3.28. The van der Waals surface area contributed by atoms with Gasteiger partial charge in [-0.25, -0.2) is 0 Å². The van der Waals surface area contributed by atoms with Gasteiger partial charge < -0.3 is 10.5 Å². The van der Waals surface area contributed by atoms with E-state index in [-0.39, 0.29) is 17.6 Å². The molecule has 1 saturated heterocycles. The standard InChI is InChI=1S/C17H27NO/c1-12-9-10-19-16(12)15(18)11-13-5-7-14(8-6-13)17(2,3)4/h5-8,12,15-16H,9-11,18H2,1-4H3. The van der Waals surface area contributed by atoms with E-state index in [9.17, 15) is 0 Å². The number of nitrogens with two attached hydrogens (primary N) is 1. The Morgan fingerprint density at radius 2 is 1.89 bits per heavy atom. The third-order valence-corrected chi connectivity index (χ3v) is 4.16. The van der Waals surface area contributed by atoms with Gasteiger partial charge in [-0.2, -0.15) is 0 Å². The molecule has 0 bridgehead atoms. The minimum Gasteiger partial charge on any atom is -0.376 e. The molecular weight excluding hydrogens is 234 g/mol. The molecule has 2 N–H and O–H groups in total. The second-order valence-electron chi connectivity index (χ2n) is 6.92. The minimum atomic E-state index is 0.109. The summed E-state index contributed by atoms with van der Waals surface area (Å²) in [6, 6.07) is 8.97. The van der Waals surface area contributed by atoms with Crippen LogP contribution in [0.2, 0.25) is 0 Å². The van der Waals surface area contributed by atoms with Gasteiger partial charge in [0.15, 0.2) is 0 Å². The third kappa shape index (κ3) is 3.58. The summed E-state index contributed by atoms with van der Waals surface area (Å²) in [5, 5.41) is 0. The second kappa shape index (κ2) is 5.64. The average Bonchev–Trinajstić information content (AvgIpc) is 2.75. The molecule has 1 aromatic rings. The maximum atomic E-state index is 6.30. The molecule has 0 aliphatic carbocycles. The first-order chi connectivity index (χ1) is 8.88. The summed E-state index contributed by atoms with van der Waals surface area (Å²) >= 11 is 0. The Kier molecular flexibility index (Phi) is 4.32. The van der Waals surface area contributed by atoms with Crippen LogP contribution in [0.1, 0.15) is 45.2 Å². The molecule has 2 heteroatoms. The lowest BCUT2D eigenvalue weighted by atomic mass is 9.86. The Morgan fingerprint density at radius 1 is 1.26 bits per heavy atom. The lowest BCUT2D eigenvalue weighted by Gasteiger charge is -2.23. The van der Waals surface area contributed by atoms with Crippen molar-refractivity contribution in [3.63, 3.8) is 0 Å². The molecule has 1 aromatic carbocycles. The fraction of sp³-hybridized carbons (Fsp3) is 0.647. The molecule has 2 nitrogen and oxygen atoms in total. The number of benzene rings is 1. The first kappa shape index (κ1) is 14.5. The van der Waals surface area contributed by atoms with Gasteiger partial charge >= 0.3 is 0 Å². The zero-order valence-electron chi connectivity index (χ0n) is 12.6. The molecular formula is C17H27NO. The molecule has 1 fully saturated rings. The molecule has 0 radical (unpaired) electrons. The smallest absolute Gasteiger partial charge is 0.0755 e. The highest BCUT2D eigenvalue weighted by molar-refractivity contribution is 5.28. The molecule has 0 saturated carbocycles. The Labute approximate surface area is 117 Å². The zero-order chi connectivity index (χ0) is 14.0. The highest BCUT2D eigenvalue weighted by Gasteiger charge is 2.29. The van der Waals surface area contributed by atoms with Crippen LogP contribution in [0, 0.1) is 5.92 Å². The van der Waals surface area contributed by atoms with E-state index in [1.54, 1.807) is 0 Å². The Morgan fingerprint density at radius 3 is 2.37 bits per heavy atom. The van der Waals surface area contributed by atoms with E-state index >= 15 is 0 Å². The summed E-state index contributed by atoms with van der Waals surface area (Å²) in [4.78, 5) is 0. The normalized spacial score (nSPS) is 25.5. The quantitative estimate of drug-likeness (QED) is 0.906. The molecule has 2 rings (SSSR count). The summed E-state index contributed by atoms with van der Waals surface area (Å²) < 4.78 is 5.75. The van der Waals surface area contributed by atoms with Crippen LogP contribution < -0.4 is 5.73 Å². The summed E-state index contributed by atoms with van der Waals surface area (Å²) in [6.07, 6.45) is 2.27. The number of hydrogen-bond acceptors (Lipinski definition) is 2. The van der Waals surface area contributed by atoms with Crippen LogP contribution in [0.15, 0.2) is 24.3 Å². The van der Waals surface area contributed by atoms with Crippen molar-refractivity contribution in [1.82, 2.24) is 0 Å². The van der Waals surface area contributed by atoms with Crippen LogP contribution in [-0.2, 0) is 16.6 Å². The average molecular weight is 261 g/mol. The summed E-state index contributed by atoms with van der Waals surface area (Å²) in [5.41, 5.74) is 9.19. The first-order valence-corrected chi connectivity index (χ1v) is 7.34. The van der Waals surface area contributed by atoms with Gasteiger partial charge in [-0.3, -0.25) is 0 Å². The summed E-state index contributed by atoms with van der Waals surface area (Å²) in [6.45, 7) is 9.81. The van der Waals surface area contributed by atoms with Crippen molar-refractivity contribution in [1.29, 1.82) is 0 Å². The molecule has 106 valence electrons. The SMILES string of the molecule is CC1CCOC1C(N)Cc1ccc(C(C)(C)C)cc1. The van der Waals surface area contributed by atoms with Crippen LogP contribution in [0.5, 0.6) is 0 Å². The second-order valence-corrected chi connectivity index (χ2v) is 6.92. The molecule has 0 spiro atoms. The zero-order valence-corrected chi connectivity index (χ0v) is 12.6. The molecule has 1 aliphatic rings. The van der Waals surface area contributed by atoms with E-state index in [0.717, 1.165) is 19.4 Å². The van der Waals surface area contributed by atoms with Gasteiger partial charge in [0.1, 0.15) is 0 Å². The van der Waals surface area contributed by atoms with Gasteiger partial charge in [-0.1, -0.05) is 52.0 Å². The van der Waals surface area contributed by atoms with Gasteiger partial charge in [0, 0.05) is 12.6 Å². The van der Waals surface area contributed by atoms with Crippen LogP contribution in [0.25, 0.3) is 0 Å². The fourth-order valence-corrected chi connectivity index (χ4v) is 2.79. The molecule has 0 aromatic heterocycles. The largest absolute Gasteiger partial charge is 0.376 e. The van der Waals surface area contributed by atoms with Crippen molar-refractivity contribution >= 4 is 0 Å². The lowest BCUT2D eigenvalue weighted by Crippen LogP contribution is -2.39. The van der Waals surface area contributed by atoms with Crippen LogP contribution in [0.4, 0.5) is 0 Å². The van der Waals surface area contributed by atoms with E-state index in [1.807, 2.05) is 0 Å². The van der Waals surface area contributed by atoms with Gasteiger partial charge in [0.25, 0.3) is 0 Å². The number of hydrogen-bond donors (Lipinski definition) is 1. The summed E-state index contributed by atoms with van der Waals surface area (Å²) in [7, 11) is 0. The molecule has 0 amide bonds.